The van der Waals surface area contributed by atoms with Gasteiger partial charge in [-0.1, -0.05) is 0 Å². The first-order valence-electron chi connectivity index (χ1n) is 15.4. The van der Waals surface area contributed by atoms with Crippen LogP contribution in [-0.4, -0.2) is 62.1 Å². The number of azo groups is 3. The molecule has 0 atom stereocenters. The Morgan fingerprint density at radius 2 is 0.554 bits per heavy atom. The van der Waals surface area contributed by atoms with Gasteiger partial charge in [-0.2, -0.15) is 20.5 Å². The van der Waals surface area contributed by atoms with Crippen molar-refractivity contribution < 1.29 is 535 Å². The van der Waals surface area contributed by atoms with Gasteiger partial charge in [0.15, 0.2) is 11.5 Å². The predicted molar refractivity (Wildman–Crippen MR) is 197 cm³/mol. The minimum atomic E-state index is -5.34. The quantitative estimate of drug-likeness (QED) is 0.0428. The van der Waals surface area contributed by atoms with Crippen LogP contribution in [0.5, 0.6) is 11.5 Å². The Bertz CT molecular complexity index is 3090. The van der Waals surface area contributed by atoms with Gasteiger partial charge in [0, 0.05) is 22.1 Å². The third kappa shape index (κ3) is 30.1. The molecule has 0 unspecified atom stereocenters. The second-order valence-corrected chi connectivity index (χ2v) is 17.3. The van der Waals surface area contributed by atoms with Crippen LogP contribution in [0.25, 0.3) is 21.5 Å². The molecule has 0 aromatic heterocycles. The summed E-state index contributed by atoms with van der Waals surface area (Å²) in [6.07, 6.45) is 0. The molecule has 0 aliphatic carbocycles. The molecule has 22 nitrogen and oxygen atoms in total. The van der Waals surface area contributed by atoms with E-state index in [4.69, 9.17) is 11.5 Å². The van der Waals surface area contributed by atoms with Crippen LogP contribution in [-0.2, 0) is 40.5 Å². The van der Waals surface area contributed by atoms with E-state index in [1.54, 1.807) is 0 Å². The molecule has 0 amide bonds. The molecule has 0 saturated heterocycles. The van der Waals surface area contributed by atoms with Crippen LogP contribution in [0.4, 0.5) is 45.5 Å². The topological polar surface area (TPSA) is 395 Å². The second-order valence-electron chi connectivity index (χ2n) is 11.8. The third-order valence-electron chi connectivity index (χ3n) is 7.94. The fourth-order valence-corrected chi connectivity index (χ4v) is 7.72. The molecule has 6 aromatic rings. The van der Waals surface area contributed by atoms with Crippen molar-refractivity contribution in [1.82, 2.24) is 0 Å². The van der Waals surface area contributed by atoms with E-state index in [-0.39, 0.29) is 517 Å². The number of aromatic hydroxyl groups is 2. The van der Waals surface area contributed by atoms with Crippen molar-refractivity contribution in [2.24, 2.45) is 30.7 Å². The second kappa shape index (κ2) is 47.4. The van der Waals surface area contributed by atoms with Crippen LogP contribution < -0.4 is 484 Å². The molecule has 0 aliphatic rings. The van der Waals surface area contributed by atoms with E-state index in [1.165, 1.54) is 48.5 Å². The Morgan fingerprint density at radius 3 is 0.757 bits per heavy atom. The summed E-state index contributed by atoms with van der Waals surface area (Å²) in [7, 11) is -20.8. The largest absolute Gasteiger partial charge is 1.00 e. The first kappa shape index (κ1) is 108. The van der Waals surface area contributed by atoms with Gasteiger partial charge in [0.25, 0.3) is 0 Å². The number of phenols is 2. The maximum atomic E-state index is 12.0. The maximum absolute atomic E-state index is 12.0. The molecule has 0 spiro atoms. The summed E-state index contributed by atoms with van der Waals surface area (Å²) in [4.78, 5) is -3.81. The van der Waals surface area contributed by atoms with Crippen LogP contribution in [0.3, 0.4) is 0 Å². The molecule has 300 valence electrons. The zero-order valence-electron chi connectivity index (χ0n) is 44.3. The SMILES string of the molecule is Nc1cc(S(=O)(=O)[O-])cc2cc(S(=O)(=O)[O-])c(N=Nc3ccc(N=Nc4ccc(N=Nc5c(S(=O)(=O)[O-])cc6cc(S(=O)(=O)[O-])cc(N)c6c5O)cc4)cc3)c(O)c12.[Na+].[Na+].[Na+].[Na+].[Na+].[Na+].[Na+].[Na+].[Na+].[Na+].[Na+].[Na+].[Na+].[Na+].[Na+].[Na+]. The van der Waals surface area contributed by atoms with Crippen LogP contribution >= 0.6 is 0 Å². The van der Waals surface area contributed by atoms with E-state index in [1.807, 2.05) is 0 Å². The number of phenolic OH excluding ortho intramolecular Hbond substituents is 2. The van der Waals surface area contributed by atoms with Crippen molar-refractivity contribution in [1.29, 1.82) is 0 Å². The molecule has 6 N–H and O–H groups in total. The van der Waals surface area contributed by atoms with Gasteiger partial charge in [-0.05, 0) is 95.7 Å². The molecular formula is C32H20N8Na16O14S4+12. The zero-order chi connectivity index (χ0) is 42.5. The van der Waals surface area contributed by atoms with Gasteiger partial charge in [-0.25, -0.2) is 33.7 Å². The maximum Gasteiger partial charge on any atom is 1.00 e. The molecule has 0 heterocycles. The van der Waals surface area contributed by atoms with E-state index < -0.39 is 94.3 Å². The average Bonchev–Trinajstić information content (AvgIpc) is 3.12. The summed E-state index contributed by atoms with van der Waals surface area (Å²) in [6.45, 7) is 0. The Labute approximate surface area is 781 Å². The van der Waals surface area contributed by atoms with Gasteiger partial charge in [-0.3, -0.25) is 0 Å². The zero-order valence-corrected chi connectivity index (χ0v) is 79.6. The molecule has 0 aliphatic heterocycles. The molecule has 0 radical (unpaired) electrons. The molecular weight excluding hydrogens is 1220 g/mol. The van der Waals surface area contributed by atoms with Gasteiger partial charge in [0.05, 0.1) is 42.3 Å². The number of benzene rings is 6. The summed E-state index contributed by atoms with van der Waals surface area (Å²) in [5.41, 5.74) is 9.89. The molecule has 0 fully saturated rings. The summed E-state index contributed by atoms with van der Waals surface area (Å²) >= 11 is 0. The van der Waals surface area contributed by atoms with E-state index in [0.29, 0.717) is 12.1 Å². The molecule has 42 heteroatoms. The Balaban J connectivity index is -0.000000276. The van der Waals surface area contributed by atoms with Gasteiger partial charge in [0.1, 0.15) is 51.8 Å². The molecule has 74 heavy (non-hydrogen) atoms. The Kier molecular flexibility index (Phi) is 69.2. The minimum absolute atomic E-state index is 0. The van der Waals surface area contributed by atoms with Crippen molar-refractivity contribution >= 4 is 108 Å². The van der Waals surface area contributed by atoms with Crippen LogP contribution in [0, 0.1) is 0 Å². The fraction of sp³-hybridized carbons (Fsp3) is 0. The number of fused-ring (bicyclic) bond motifs is 2. The fourth-order valence-electron chi connectivity index (χ4n) is 5.35. The van der Waals surface area contributed by atoms with Crippen LogP contribution in [0.1, 0.15) is 0 Å². The third-order valence-corrected chi connectivity index (χ3v) is 11.3. The number of anilines is 2. The van der Waals surface area contributed by atoms with Gasteiger partial charge >= 0.3 is 473 Å². The number of hydrogen-bond acceptors (Lipinski definition) is 22. The van der Waals surface area contributed by atoms with Crippen molar-refractivity contribution in [2.45, 2.75) is 19.6 Å². The van der Waals surface area contributed by atoms with E-state index >= 15 is 0 Å². The van der Waals surface area contributed by atoms with Crippen LogP contribution in [0.15, 0.2) is 135 Å². The van der Waals surface area contributed by atoms with E-state index in [2.05, 4.69) is 30.7 Å². The van der Waals surface area contributed by atoms with Crippen molar-refractivity contribution in [2.75, 3.05) is 11.5 Å². The number of rotatable bonds is 10. The standard InChI is InChI=1S/C32H24N8O14S4.16Na/c33-23-13-21(55(43,44)45)9-15-11-25(57(49,50)51)29(31(41)27(15)23)39-37-19-5-1-17(2-6-19)35-36-18-3-7-20(8-4-18)38-40-30-26(58(52,53)54)12-16-10-22(56(46,47)48)14-24(34)28(16)32(30)42;;;;;;;;;;;;;;;;/h1-14,41-42H,33-34H2,(H,43,44,45)(H,46,47,48)(H,49,50,51)(H,52,53,54);;;;;;;;;;;;;;;;/q;16*+1/p-4. The normalized spacial score (nSPS) is 10.3. The first-order chi connectivity index (χ1) is 26.9. The van der Waals surface area contributed by atoms with E-state index in [0.717, 1.165) is 24.3 Å². The molecule has 6 rings (SSSR count). The van der Waals surface area contributed by atoms with Gasteiger partial charge < -0.3 is 39.9 Å². The number of hydrogen-bond donors (Lipinski definition) is 4. The molecule has 0 bridgehead atoms. The Morgan fingerprint density at radius 1 is 0.338 bits per heavy atom. The average molecular weight is 1240 g/mol. The summed E-state index contributed by atoms with van der Waals surface area (Å²) < 4.78 is 141. The predicted octanol–water partition coefficient (Wildman–Crippen LogP) is -42.5. The van der Waals surface area contributed by atoms with Gasteiger partial charge in [-0.15, -0.1) is 10.2 Å². The summed E-state index contributed by atoms with van der Waals surface area (Å²) in [5.74, 6) is -1.84. The number of nitrogens with zero attached hydrogens (tertiary/aromatic N) is 6. The summed E-state index contributed by atoms with van der Waals surface area (Å²) in [6, 6.07) is 15.5. The molecule has 6 aromatic carbocycles. The van der Waals surface area contributed by atoms with Crippen molar-refractivity contribution in [3.8, 4) is 11.5 Å². The Hall–Kier alpha value is 9.48. The van der Waals surface area contributed by atoms with Crippen molar-refractivity contribution in [3.63, 3.8) is 0 Å². The monoisotopic (exact) mass is 1240 g/mol. The van der Waals surface area contributed by atoms with E-state index in [9.17, 15) is 62.1 Å². The number of nitrogens with two attached hydrogens (primary N) is 2. The smallest absolute Gasteiger partial charge is 0.744 e. The minimum Gasteiger partial charge on any atom is -0.744 e. The van der Waals surface area contributed by atoms with Gasteiger partial charge in [0.2, 0.25) is 0 Å². The molecule has 0 saturated carbocycles. The number of nitrogen functional groups attached to an aromatic ring is 2. The van der Waals surface area contributed by atoms with Crippen molar-refractivity contribution in [3.05, 3.63) is 84.9 Å². The first-order valence-corrected chi connectivity index (χ1v) is 21.0. The van der Waals surface area contributed by atoms with Crippen LogP contribution in [0.2, 0.25) is 0 Å². The summed E-state index contributed by atoms with van der Waals surface area (Å²) in [5, 5.41) is 43.6.